The van der Waals surface area contributed by atoms with Crippen molar-refractivity contribution in [3.63, 3.8) is 0 Å². The molecule has 1 unspecified atom stereocenters. The van der Waals surface area contributed by atoms with Crippen molar-refractivity contribution in [2.45, 2.75) is 22.5 Å². The van der Waals surface area contributed by atoms with E-state index < -0.39 is 22.6 Å². The zero-order valence-electron chi connectivity index (χ0n) is 21.7. The lowest BCUT2D eigenvalue weighted by Gasteiger charge is -2.35. The Hall–Kier alpha value is -3.56. The summed E-state index contributed by atoms with van der Waals surface area (Å²) in [6.07, 6.45) is 8.35. The van der Waals surface area contributed by atoms with Gasteiger partial charge in [-0.15, -0.1) is 11.8 Å². The lowest BCUT2D eigenvalue weighted by atomic mass is 9.78. The van der Waals surface area contributed by atoms with Crippen molar-refractivity contribution in [2.24, 2.45) is 11.8 Å². The molecule has 4 heterocycles. The topological polar surface area (TPSA) is 90.4 Å². The maximum absolute atomic E-state index is 14.4. The third-order valence-corrected chi connectivity index (χ3v) is 9.91. The van der Waals surface area contributed by atoms with E-state index in [1.807, 2.05) is 78.9 Å². The van der Waals surface area contributed by atoms with Gasteiger partial charge in [-0.05, 0) is 42.8 Å². The molecule has 6 rings (SSSR count). The van der Waals surface area contributed by atoms with E-state index in [2.05, 4.69) is 0 Å². The zero-order valence-corrected chi connectivity index (χ0v) is 22.5. The molecule has 2 saturated heterocycles. The molecule has 1 N–H and O–H groups in total. The number of hydrogen-bond donors (Lipinski definition) is 1. The van der Waals surface area contributed by atoms with Crippen LogP contribution < -0.4 is 14.5 Å². The van der Waals surface area contributed by atoms with Crippen molar-refractivity contribution in [1.82, 2.24) is 4.90 Å². The van der Waals surface area contributed by atoms with E-state index in [0.29, 0.717) is 30.9 Å². The summed E-state index contributed by atoms with van der Waals surface area (Å²) < 4.78 is 4.39. The van der Waals surface area contributed by atoms with Crippen LogP contribution in [0, 0.1) is 11.8 Å². The largest absolute Gasteiger partial charge is 0.497 e. The first-order valence-corrected chi connectivity index (χ1v) is 14.1. The quantitative estimate of drug-likeness (QED) is 0.562. The second-order valence-corrected chi connectivity index (χ2v) is 11.7. The molecule has 0 bridgehead atoms. The van der Waals surface area contributed by atoms with Gasteiger partial charge in [0, 0.05) is 42.9 Å². The maximum Gasteiger partial charge on any atom is 0.251 e. The fourth-order valence-electron chi connectivity index (χ4n) is 6.45. The summed E-state index contributed by atoms with van der Waals surface area (Å²) in [6.45, 7) is 0.942. The molecule has 0 aliphatic carbocycles. The summed E-state index contributed by atoms with van der Waals surface area (Å²) in [5, 5.41) is 9.38. The van der Waals surface area contributed by atoms with Crippen molar-refractivity contribution in [1.29, 1.82) is 0 Å². The van der Waals surface area contributed by atoms with Crippen molar-refractivity contribution in [3.8, 4) is 5.75 Å². The van der Waals surface area contributed by atoms with E-state index in [9.17, 15) is 19.5 Å². The Morgan fingerprint density at radius 1 is 0.923 bits per heavy atom. The van der Waals surface area contributed by atoms with E-state index in [4.69, 9.17) is 4.74 Å². The molecule has 202 valence electrons. The van der Waals surface area contributed by atoms with Crippen LogP contribution in [0.25, 0.3) is 0 Å². The molecule has 1 spiro atoms. The number of fused-ring (bicyclic) bond motifs is 2. The number of methoxy groups -OCH3 is 1. The van der Waals surface area contributed by atoms with Crippen LogP contribution in [0.4, 0.5) is 11.4 Å². The average molecular weight is 546 g/mol. The number of carbonyl (C=O) groups excluding carboxylic acids is 3. The van der Waals surface area contributed by atoms with Gasteiger partial charge in [-0.25, -0.2) is 0 Å². The molecule has 2 aromatic carbocycles. The fourth-order valence-corrected chi connectivity index (χ4v) is 8.46. The van der Waals surface area contributed by atoms with Crippen molar-refractivity contribution in [3.05, 3.63) is 78.9 Å². The van der Waals surface area contributed by atoms with Crippen LogP contribution in [0.2, 0.25) is 0 Å². The lowest BCUT2D eigenvalue weighted by molar-refractivity contribution is -0.138. The summed E-state index contributed by atoms with van der Waals surface area (Å²) in [5.41, 5.74) is 1.50. The number of likely N-dealkylation sites (tertiary alicyclic amines) is 1. The van der Waals surface area contributed by atoms with Gasteiger partial charge < -0.3 is 24.5 Å². The van der Waals surface area contributed by atoms with Crippen LogP contribution in [0.1, 0.15) is 6.42 Å². The molecule has 4 aliphatic rings. The minimum absolute atomic E-state index is 0.0942. The van der Waals surface area contributed by atoms with Crippen molar-refractivity contribution < 1.29 is 24.2 Å². The Morgan fingerprint density at radius 3 is 2.33 bits per heavy atom. The molecule has 2 fully saturated rings. The van der Waals surface area contributed by atoms with Gasteiger partial charge in [0.15, 0.2) is 0 Å². The first-order valence-electron chi connectivity index (χ1n) is 13.3. The molecule has 8 nitrogen and oxygen atoms in total. The summed E-state index contributed by atoms with van der Waals surface area (Å²) in [5.74, 6) is -1.08. The van der Waals surface area contributed by atoms with E-state index >= 15 is 0 Å². The molecule has 3 amide bonds. The van der Waals surface area contributed by atoms with Crippen LogP contribution in [0.15, 0.2) is 78.9 Å². The smallest absolute Gasteiger partial charge is 0.251 e. The van der Waals surface area contributed by atoms with Gasteiger partial charge in [0.1, 0.15) is 11.8 Å². The number of aliphatic hydroxyl groups is 1. The number of anilines is 2. The molecule has 5 atom stereocenters. The highest BCUT2D eigenvalue weighted by molar-refractivity contribution is 8.02. The van der Waals surface area contributed by atoms with E-state index in [1.165, 1.54) is 0 Å². The van der Waals surface area contributed by atoms with Crippen LogP contribution in [0.5, 0.6) is 5.75 Å². The highest BCUT2D eigenvalue weighted by Gasteiger charge is 2.71. The standard InChI is InChI=1S/C30H31N3O5S/c1-38-22-13-11-21(12-14-22)32-17-6-15-30-25(28(36)33(18-7-19-34)26(30)29(32)37)24-23(39-30)10-5-16-31(27(24)35)20-8-3-2-4-9-20/h2-6,8-15,23-26,34H,7,16-19H2,1H3/t23-,24+,25+,26?,30+/m1/s1. The van der Waals surface area contributed by atoms with Crippen LogP contribution >= 0.6 is 11.8 Å². The number of rotatable bonds is 6. The van der Waals surface area contributed by atoms with E-state index in [-0.39, 0.29) is 36.1 Å². The Labute approximate surface area is 231 Å². The summed E-state index contributed by atoms with van der Waals surface area (Å²) >= 11 is 1.56. The molecular formula is C30H31N3O5S. The second-order valence-electron chi connectivity index (χ2n) is 10.2. The molecule has 0 saturated carbocycles. The maximum atomic E-state index is 14.4. The van der Waals surface area contributed by atoms with E-state index in [0.717, 1.165) is 5.69 Å². The van der Waals surface area contributed by atoms with Gasteiger partial charge in [0.05, 0.1) is 23.7 Å². The summed E-state index contributed by atoms with van der Waals surface area (Å²) in [6, 6.07) is 16.0. The molecule has 39 heavy (non-hydrogen) atoms. The van der Waals surface area contributed by atoms with Crippen LogP contribution in [0.3, 0.4) is 0 Å². The Kier molecular flexibility index (Phi) is 6.72. The number of hydrogen-bond acceptors (Lipinski definition) is 6. The number of nitrogens with zero attached hydrogens (tertiary/aromatic N) is 3. The molecule has 4 aliphatic heterocycles. The summed E-state index contributed by atoms with van der Waals surface area (Å²) in [7, 11) is 1.59. The highest BCUT2D eigenvalue weighted by Crippen LogP contribution is 2.61. The van der Waals surface area contributed by atoms with Gasteiger partial charge >= 0.3 is 0 Å². The first-order chi connectivity index (χ1) is 19.0. The molecule has 9 heteroatoms. The number of carbonyl (C=O) groups is 3. The average Bonchev–Trinajstić information content (AvgIpc) is 3.27. The molecule has 0 radical (unpaired) electrons. The number of para-hydroxylation sites is 1. The SMILES string of the molecule is COc1ccc(N2CC=C[C@]34S[C@@H]5C=CCN(c6ccccc6)C(=O)[C@@H]5[C@H]3C(=O)N(CCCO)C4C2=O)cc1. The van der Waals surface area contributed by atoms with Gasteiger partial charge in [-0.3, -0.25) is 14.4 Å². The predicted molar refractivity (Wildman–Crippen MR) is 151 cm³/mol. The van der Waals surface area contributed by atoms with Gasteiger partial charge in [-0.2, -0.15) is 0 Å². The van der Waals surface area contributed by atoms with E-state index in [1.54, 1.807) is 33.6 Å². The minimum Gasteiger partial charge on any atom is -0.497 e. The van der Waals surface area contributed by atoms with Crippen LogP contribution in [-0.2, 0) is 14.4 Å². The zero-order chi connectivity index (χ0) is 27.1. The second kappa shape index (κ2) is 10.2. The third kappa shape index (κ3) is 4.06. The third-order valence-electron chi connectivity index (χ3n) is 8.17. The van der Waals surface area contributed by atoms with Crippen molar-refractivity contribution >= 4 is 40.9 Å². The normalized spacial score (nSPS) is 29.7. The van der Waals surface area contributed by atoms with Crippen molar-refractivity contribution in [2.75, 3.05) is 43.2 Å². The first kappa shape index (κ1) is 25.7. The molecule has 0 aromatic heterocycles. The van der Waals surface area contributed by atoms with Gasteiger partial charge in [-0.1, -0.05) is 42.5 Å². The Morgan fingerprint density at radius 2 is 1.62 bits per heavy atom. The number of amides is 3. The van der Waals surface area contributed by atoms with Gasteiger partial charge in [0.25, 0.3) is 5.91 Å². The lowest BCUT2D eigenvalue weighted by Crippen LogP contribution is -2.53. The number of aliphatic hydroxyl groups excluding tert-OH is 1. The predicted octanol–water partition coefficient (Wildman–Crippen LogP) is 2.88. The highest BCUT2D eigenvalue weighted by atomic mass is 32.2. The monoisotopic (exact) mass is 545 g/mol. The fraction of sp³-hybridized carbons (Fsp3) is 0.367. The Bertz CT molecular complexity index is 1330. The Balaban J connectivity index is 1.42. The molecule has 2 aromatic rings. The molecular weight excluding hydrogens is 514 g/mol. The van der Waals surface area contributed by atoms with Crippen LogP contribution in [-0.4, -0.2) is 77.1 Å². The van der Waals surface area contributed by atoms with Gasteiger partial charge in [0.2, 0.25) is 11.8 Å². The summed E-state index contributed by atoms with van der Waals surface area (Å²) in [4.78, 5) is 47.8. The number of thioether (sulfide) groups is 1. The number of ether oxygens (including phenoxy) is 1. The number of benzene rings is 2. The minimum atomic E-state index is -0.889.